The molecule has 2 aromatic heterocycles. The lowest BCUT2D eigenvalue weighted by atomic mass is 10.1. The number of fused-ring (bicyclic) bond motifs is 1. The molecule has 6 heteroatoms. The first-order chi connectivity index (χ1) is 11.5. The molecule has 0 unspecified atom stereocenters. The van der Waals surface area contributed by atoms with Gasteiger partial charge in [-0.05, 0) is 37.6 Å². The summed E-state index contributed by atoms with van der Waals surface area (Å²) in [4.78, 5) is 33.1. The highest BCUT2D eigenvalue weighted by atomic mass is 16.2. The summed E-state index contributed by atoms with van der Waals surface area (Å²) in [5.41, 5.74) is 2.36. The number of carbonyl (C=O) groups excluding carboxylic acids is 1. The normalized spacial score (nSPS) is 10.8. The lowest BCUT2D eigenvalue weighted by Gasteiger charge is -2.08. The Kier molecular flexibility index (Phi) is 4.37. The van der Waals surface area contributed by atoms with Gasteiger partial charge >= 0.3 is 0 Å². The Morgan fingerprint density at radius 2 is 1.96 bits per heavy atom. The van der Waals surface area contributed by atoms with E-state index >= 15 is 0 Å². The van der Waals surface area contributed by atoms with Crippen LogP contribution in [0, 0.1) is 13.8 Å². The maximum absolute atomic E-state index is 12.5. The fourth-order valence-electron chi connectivity index (χ4n) is 2.54. The predicted octanol–water partition coefficient (Wildman–Crippen LogP) is 2.44. The smallest absolute Gasteiger partial charge is 0.261 e. The van der Waals surface area contributed by atoms with Crippen molar-refractivity contribution in [2.45, 2.75) is 26.8 Å². The number of pyridine rings is 1. The first-order valence-corrected chi connectivity index (χ1v) is 7.73. The zero-order valence-corrected chi connectivity index (χ0v) is 13.6. The highest BCUT2D eigenvalue weighted by Gasteiger charge is 2.08. The zero-order valence-electron chi connectivity index (χ0n) is 13.6. The van der Waals surface area contributed by atoms with Gasteiger partial charge in [-0.1, -0.05) is 18.2 Å². The van der Waals surface area contributed by atoms with Gasteiger partial charge < -0.3 is 5.32 Å². The summed E-state index contributed by atoms with van der Waals surface area (Å²) in [6.07, 6.45) is 1.67. The molecular formula is C18H18N4O2. The summed E-state index contributed by atoms with van der Waals surface area (Å²) >= 11 is 0. The summed E-state index contributed by atoms with van der Waals surface area (Å²) in [7, 11) is 0. The standard InChI is InChI=1S/C18H18N4O2/c1-12-5-3-7-14-17(12)19-11-22(18(14)24)10-9-16(23)21-15-8-4-6-13(2)20-15/h3-8,11H,9-10H2,1-2H3,(H,20,21,23). The Balaban J connectivity index is 1.73. The molecule has 1 N–H and O–H groups in total. The van der Waals surface area contributed by atoms with Gasteiger partial charge in [0, 0.05) is 18.7 Å². The fraction of sp³-hybridized carbons (Fsp3) is 0.222. The lowest BCUT2D eigenvalue weighted by Crippen LogP contribution is -2.24. The highest BCUT2D eigenvalue weighted by Crippen LogP contribution is 2.11. The molecule has 0 saturated heterocycles. The molecule has 6 nitrogen and oxygen atoms in total. The van der Waals surface area contributed by atoms with Gasteiger partial charge in [-0.3, -0.25) is 14.2 Å². The second-order valence-electron chi connectivity index (χ2n) is 5.68. The highest BCUT2D eigenvalue weighted by molar-refractivity contribution is 5.89. The molecule has 0 spiro atoms. The Hall–Kier alpha value is -3.02. The number of amides is 1. The zero-order chi connectivity index (χ0) is 17.1. The van der Waals surface area contributed by atoms with Crippen LogP contribution in [0.3, 0.4) is 0 Å². The van der Waals surface area contributed by atoms with Crippen molar-refractivity contribution in [3.05, 3.63) is 64.3 Å². The number of aromatic nitrogens is 3. The van der Waals surface area contributed by atoms with E-state index in [9.17, 15) is 9.59 Å². The van der Waals surface area contributed by atoms with Crippen LogP contribution in [0.4, 0.5) is 5.82 Å². The summed E-state index contributed by atoms with van der Waals surface area (Å²) in [5.74, 6) is 0.323. The maximum Gasteiger partial charge on any atom is 0.261 e. The van der Waals surface area contributed by atoms with Crippen LogP contribution in [0.15, 0.2) is 47.5 Å². The van der Waals surface area contributed by atoms with Gasteiger partial charge in [0.2, 0.25) is 5.91 Å². The van der Waals surface area contributed by atoms with Crippen molar-refractivity contribution in [1.29, 1.82) is 0 Å². The van der Waals surface area contributed by atoms with Crippen molar-refractivity contribution >= 4 is 22.6 Å². The van der Waals surface area contributed by atoms with Gasteiger partial charge in [0.05, 0.1) is 17.2 Å². The van der Waals surface area contributed by atoms with Gasteiger partial charge in [0.1, 0.15) is 5.82 Å². The molecule has 0 aliphatic heterocycles. The second kappa shape index (κ2) is 6.62. The molecule has 0 aliphatic rings. The van der Waals surface area contributed by atoms with Gasteiger partial charge in [-0.15, -0.1) is 0 Å². The van der Waals surface area contributed by atoms with E-state index in [4.69, 9.17) is 0 Å². The molecule has 2 heterocycles. The molecule has 3 rings (SSSR count). The van der Waals surface area contributed by atoms with Crippen LogP contribution in [0.2, 0.25) is 0 Å². The average molecular weight is 322 g/mol. The van der Waals surface area contributed by atoms with Crippen molar-refractivity contribution in [2.75, 3.05) is 5.32 Å². The number of hydrogen-bond donors (Lipinski definition) is 1. The maximum atomic E-state index is 12.5. The van der Waals surface area contributed by atoms with E-state index in [2.05, 4.69) is 15.3 Å². The molecule has 0 bridgehead atoms. The molecule has 1 amide bonds. The number of hydrogen-bond acceptors (Lipinski definition) is 4. The minimum atomic E-state index is -0.190. The number of benzene rings is 1. The van der Waals surface area contributed by atoms with Crippen molar-refractivity contribution < 1.29 is 4.79 Å². The molecule has 24 heavy (non-hydrogen) atoms. The summed E-state index contributed by atoms with van der Waals surface area (Å²) in [6, 6.07) is 10.9. The van der Waals surface area contributed by atoms with Crippen LogP contribution in [0.1, 0.15) is 17.7 Å². The first-order valence-electron chi connectivity index (χ1n) is 7.73. The topological polar surface area (TPSA) is 76.9 Å². The van der Waals surface area contributed by atoms with Crippen molar-refractivity contribution in [3.8, 4) is 0 Å². The second-order valence-corrected chi connectivity index (χ2v) is 5.68. The van der Waals surface area contributed by atoms with E-state index in [1.54, 1.807) is 12.1 Å². The molecule has 0 aliphatic carbocycles. The van der Waals surface area contributed by atoms with E-state index in [1.807, 2.05) is 38.1 Å². The fourth-order valence-corrected chi connectivity index (χ4v) is 2.54. The number of anilines is 1. The molecule has 0 fully saturated rings. The molecule has 1 aromatic carbocycles. The summed E-state index contributed by atoms with van der Waals surface area (Å²) in [6.45, 7) is 4.05. The minimum Gasteiger partial charge on any atom is -0.311 e. The van der Waals surface area contributed by atoms with Gasteiger partial charge in [0.25, 0.3) is 5.56 Å². The average Bonchev–Trinajstić information content (AvgIpc) is 2.55. The summed E-state index contributed by atoms with van der Waals surface area (Å²) < 4.78 is 1.46. The Bertz CT molecular complexity index is 963. The number of nitrogens with one attached hydrogen (secondary N) is 1. The van der Waals surface area contributed by atoms with Crippen molar-refractivity contribution in [1.82, 2.24) is 14.5 Å². The number of carbonyl (C=O) groups is 1. The third kappa shape index (κ3) is 3.32. The Morgan fingerprint density at radius 3 is 2.75 bits per heavy atom. The van der Waals surface area contributed by atoms with Crippen molar-refractivity contribution in [3.63, 3.8) is 0 Å². The Morgan fingerprint density at radius 1 is 1.17 bits per heavy atom. The molecule has 0 radical (unpaired) electrons. The van der Waals surface area contributed by atoms with Crippen molar-refractivity contribution in [2.24, 2.45) is 0 Å². The predicted molar refractivity (Wildman–Crippen MR) is 93.0 cm³/mol. The molecule has 0 saturated carbocycles. The molecule has 122 valence electrons. The van der Waals surface area contributed by atoms with Crippen LogP contribution in [-0.4, -0.2) is 20.4 Å². The van der Waals surface area contributed by atoms with Crippen LogP contribution in [0.25, 0.3) is 10.9 Å². The molecular weight excluding hydrogens is 304 g/mol. The van der Waals surface area contributed by atoms with Gasteiger partial charge in [-0.2, -0.15) is 0 Å². The third-order valence-corrected chi connectivity index (χ3v) is 3.79. The monoisotopic (exact) mass is 322 g/mol. The van der Waals surface area contributed by atoms with Crippen LogP contribution >= 0.6 is 0 Å². The van der Waals surface area contributed by atoms with Crippen LogP contribution < -0.4 is 10.9 Å². The van der Waals surface area contributed by atoms with E-state index in [0.29, 0.717) is 16.7 Å². The molecule has 3 aromatic rings. The number of nitrogens with zero attached hydrogens (tertiary/aromatic N) is 3. The lowest BCUT2D eigenvalue weighted by molar-refractivity contribution is -0.116. The summed E-state index contributed by atoms with van der Waals surface area (Å²) in [5, 5.41) is 3.30. The minimum absolute atomic E-state index is 0.134. The van der Waals surface area contributed by atoms with Gasteiger partial charge in [-0.25, -0.2) is 9.97 Å². The molecule has 0 atom stereocenters. The first kappa shape index (κ1) is 15.9. The van der Waals surface area contributed by atoms with E-state index < -0.39 is 0 Å². The van der Waals surface area contributed by atoms with Gasteiger partial charge in [0.15, 0.2) is 0 Å². The number of rotatable bonds is 4. The number of para-hydroxylation sites is 1. The van der Waals surface area contributed by atoms with Crippen LogP contribution in [0.5, 0.6) is 0 Å². The van der Waals surface area contributed by atoms with E-state index in [0.717, 1.165) is 11.3 Å². The van der Waals surface area contributed by atoms with E-state index in [1.165, 1.54) is 10.9 Å². The SMILES string of the molecule is Cc1cccc(NC(=O)CCn2cnc3c(C)cccc3c2=O)n1. The Labute approximate surface area is 139 Å². The van der Waals surface area contributed by atoms with E-state index in [-0.39, 0.29) is 24.4 Å². The van der Waals surface area contributed by atoms with Crippen LogP contribution in [-0.2, 0) is 11.3 Å². The third-order valence-electron chi connectivity index (χ3n) is 3.79. The largest absolute Gasteiger partial charge is 0.311 e. The number of aryl methyl sites for hydroxylation is 3. The quantitative estimate of drug-likeness (QED) is 0.800.